The number of hydrogen-bond acceptors (Lipinski definition) is 0. The molecule has 2 nitrogen and oxygen atoms in total. The van der Waals surface area contributed by atoms with Crippen molar-refractivity contribution in [1.82, 2.24) is 9.13 Å². The van der Waals surface area contributed by atoms with Gasteiger partial charge in [-0.3, -0.25) is 0 Å². The Morgan fingerprint density at radius 3 is 1.39 bits per heavy atom. The predicted molar refractivity (Wildman–Crippen MR) is 271 cm³/mol. The second kappa shape index (κ2) is 13.4. The van der Waals surface area contributed by atoms with Gasteiger partial charge >= 0.3 is 0 Å². The van der Waals surface area contributed by atoms with Crippen LogP contribution in [0, 0.1) is 6.92 Å². The van der Waals surface area contributed by atoms with Gasteiger partial charge in [-0.1, -0.05) is 157 Å². The van der Waals surface area contributed by atoms with Gasteiger partial charge in [-0.25, -0.2) is 0 Å². The average molecular weight is 813 g/mol. The number of nitrogens with zero attached hydrogens (tertiary/aromatic N) is 2. The number of hydrogen-bond donors (Lipinski definition) is 0. The van der Waals surface area contributed by atoms with E-state index in [9.17, 15) is 0 Å². The lowest BCUT2D eigenvalue weighted by Gasteiger charge is -2.14. The maximum atomic E-state index is 2.52. The lowest BCUT2D eigenvalue weighted by atomic mass is 9.90. The van der Waals surface area contributed by atoms with Crippen LogP contribution >= 0.6 is 0 Å². The number of fused-ring (bicyclic) bond motifs is 15. The molecule has 0 aliphatic heterocycles. The van der Waals surface area contributed by atoms with Crippen LogP contribution in [0.3, 0.4) is 0 Å². The largest absolute Gasteiger partial charge is 0.309 e. The maximum Gasteiger partial charge on any atom is 0.0541 e. The van der Waals surface area contributed by atoms with Crippen LogP contribution in [0.5, 0.6) is 0 Å². The van der Waals surface area contributed by atoms with Crippen molar-refractivity contribution in [3.05, 3.63) is 229 Å². The third kappa shape index (κ3) is 5.02. The zero-order valence-electron chi connectivity index (χ0n) is 35.3. The van der Waals surface area contributed by atoms with Crippen LogP contribution in [0.4, 0.5) is 0 Å². The normalized spacial score (nSPS) is 12.4. The summed E-state index contributed by atoms with van der Waals surface area (Å²) in [5.74, 6) is 0. The van der Waals surface area contributed by atoms with Gasteiger partial charge in [0.25, 0.3) is 0 Å². The second-order valence-electron chi connectivity index (χ2n) is 17.7. The molecular weight excluding hydrogens is 773 g/mol. The van der Waals surface area contributed by atoms with Crippen LogP contribution in [-0.2, 0) is 6.42 Å². The molecule has 0 saturated heterocycles. The van der Waals surface area contributed by atoms with E-state index in [1.54, 1.807) is 0 Å². The van der Waals surface area contributed by atoms with Crippen molar-refractivity contribution in [2.75, 3.05) is 0 Å². The zero-order valence-corrected chi connectivity index (χ0v) is 35.3. The summed E-state index contributed by atoms with van der Waals surface area (Å²) >= 11 is 0. The molecule has 0 amide bonds. The molecule has 0 spiro atoms. The van der Waals surface area contributed by atoms with Gasteiger partial charge in [-0.05, 0) is 144 Å². The lowest BCUT2D eigenvalue weighted by molar-refractivity contribution is 1.12. The van der Waals surface area contributed by atoms with Gasteiger partial charge in [0.15, 0.2) is 0 Å². The maximum absolute atomic E-state index is 2.52. The quantitative estimate of drug-likeness (QED) is 0.157. The van der Waals surface area contributed by atoms with Crippen LogP contribution in [0.15, 0.2) is 212 Å². The van der Waals surface area contributed by atoms with Gasteiger partial charge in [0.2, 0.25) is 0 Å². The Kier molecular flexibility index (Phi) is 7.41. The molecule has 0 unspecified atom stereocenters. The molecule has 0 saturated carbocycles. The SMILES string of the molecule is Cc1ccc(-n2c3ccccc3c3cc(-c4ccc5c(c4)c4ccccc4n5-c4cccc5c4Cc4c(-c6ccc7c8ccccc8c8ccccc8c7c6)cccc4-5)ccc32)cc1. The summed E-state index contributed by atoms with van der Waals surface area (Å²) in [6.45, 7) is 2.15. The van der Waals surface area contributed by atoms with Crippen LogP contribution < -0.4 is 0 Å². The summed E-state index contributed by atoms with van der Waals surface area (Å²) in [7, 11) is 0. The number of aryl methyl sites for hydroxylation is 1. The minimum Gasteiger partial charge on any atom is -0.309 e. The van der Waals surface area contributed by atoms with Gasteiger partial charge in [-0.15, -0.1) is 0 Å². The third-order valence-electron chi connectivity index (χ3n) is 14.2. The Labute approximate surface area is 370 Å². The summed E-state index contributed by atoms with van der Waals surface area (Å²) < 4.78 is 4.92. The number of para-hydroxylation sites is 2. The molecule has 14 rings (SSSR count). The average Bonchev–Trinajstić information content (AvgIpc) is 4.02. The highest BCUT2D eigenvalue weighted by atomic mass is 15.0. The lowest BCUT2D eigenvalue weighted by Crippen LogP contribution is -1.99. The molecule has 11 aromatic carbocycles. The fourth-order valence-corrected chi connectivity index (χ4v) is 11.3. The second-order valence-corrected chi connectivity index (χ2v) is 17.7. The molecule has 64 heavy (non-hydrogen) atoms. The molecular formula is C62H40N2. The monoisotopic (exact) mass is 812 g/mol. The van der Waals surface area contributed by atoms with E-state index in [2.05, 4.69) is 228 Å². The molecule has 0 N–H and O–H groups in total. The van der Waals surface area contributed by atoms with Crippen molar-refractivity contribution in [1.29, 1.82) is 0 Å². The molecule has 0 atom stereocenters. The molecule has 0 bridgehead atoms. The van der Waals surface area contributed by atoms with Crippen LogP contribution in [0.1, 0.15) is 16.7 Å². The first-order valence-corrected chi connectivity index (χ1v) is 22.4. The molecule has 1 aliphatic rings. The number of benzene rings is 11. The summed E-state index contributed by atoms with van der Waals surface area (Å²) in [5.41, 5.74) is 19.0. The van der Waals surface area contributed by atoms with Crippen molar-refractivity contribution in [3.8, 4) is 44.8 Å². The Bertz CT molecular complexity index is 4070. The van der Waals surface area contributed by atoms with E-state index in [4.69, 9.17) is 0 Å². The highest BCUT2D eigenvalue weighted by Crippen LogP contribution is 2.47. The molecule has 1 aliphatic carbocycles. The highest BCUT2D eigenvalue weighted by Gasteiger charge is 2.26. The van der Waals surface area contributed by atoms with Gasteiger partial charge in [-0.2, -0.15) is 0 Å². The first-order valence-electron chi connectivity index (χ1n) is 22.4. The van der Waals surface area contributed by atoms with E-state index in [0.717, 1.165) is 6.42 Å². The summed E-state index contributed by atoms with van der Waals surface area (Å²) in [6, 6.07) is 79.3. The zero-order chi connectivity index (χ0) is 42.0. The molecule has 13 aromatic rings. The van der Waals surface area contributed by atoms with E-state index in [1.165, 1.54) is 137 Å². The van der Waals surface area contributed by atoms with Gasteiger partial charge in [0.05, 0.1) is 27.8 Å². The van der Waals surface area contributed by atoms with E-state index in [1.807, 2.05) is 0 Å². The Morgan fingerprint density at radius 1 is 0.297 bits per heavy atom. The van der Waals surface area contributed by atoms with Crippen molar-refractivity contribution < 1.29 is 0 Å². The van der Waals surface area contributed by atoms with E-state index in [-0.39, 0.29) is 0 Å². The van der Waals surface area contributed by atoms with Crippen LogP contribution in [-0.4, -0.2) is 9.13 Å². The Hall–Kier alpha value is -8.20. The van der Waals surface area contributed by atoms with Crippen LogP contribution in [0.2, 0.25) is 0 Å². The standard InChI is InChI=1S/C62H40N2/c1-38-24-29-42(30-25-38)63-58-21-8-6-16-51(58)55-34-39(27-32-61(55)63)40-28-33-62-56(35-40)52-17-7-9-22-59(52)64(62)60-23-11-20-49-48-19-10-18-43(54(48)37-57(49)60)41-26-31-50-46-14-3-2-12-44(46)45-13-4-5-15-47(45)53(50)36-41/h2-36H,37H2,1H3. The fourth-order valence-electron chi connectivity index (χ4n) is 11.3. The first-order chi connectivity index (χ1) is 31.7. The van der Waals surface area contributed by atoms with Crippen molar-refractivity contribution in [2.24, 2.45) is 0 Å². The molecule has 298 valence electrons. The summed E-state index contributed by atoms with van der Waals surface area (Å²) in [5, 5.41) is 12.9. The first kappa shape index (κ1) is 35.4. The van der Waals surface area contributed by atoms with Gasteiger partial charge in [0, 0.05) is 33.7 Å². The minimum absolute atomic E-state index is 0.871. The summed E-state index contributed by atoms with van der Waals surface area (Å²) in [4.78, 5) is 0. The molecule has 0 fully saturated rings. The van der Waals surface area contributed by atoms with Gasteiger partial charge in [0.1, 0.15) is 0 Å². The van der Waals surface area contributed by atoms with Crippen LogP contribution in [0.25, 0.3) is 121 Å². The van der Waals surface area contributed by atoms with E-state index in [0.29, 0.717) is 0 Å². The predicted octanol–water partition coefficient (Wildman–Crippen LogP) is 16.6. The molecule has 2 aromatic heterocycles. The number of aromatic nitrogens is 2. The molecule has 0 radical (unpaired) electrons. The van der Waals surface area contributed by atoms with E-state index >= 15 is 0 Å². The topological polar surface area (TPSA) is 9.86 Å². The Morgan fingerprint density at radius 2 is 0.750 bits per heavy atom. The van der Waals surface area contributed by atoms with E-state index < -0.39 is 0 Å². The number of rotatable bonds is 4. The van der Waals surface area contributed by atoms with Gasteiger partial charge < -0.3 is 9.13 Å². The summed E-state index contributed by atoms with van der Waals surface area (Å²) in [6.07, 6.45) is 0.871. The smallest absolute Gasteiger partial charge is 0.0541 e. The van der Waals surface area contributed by atoms with Crippen molar-refractivity contribution >= 4 is 75.9 Å². The Balaban J connectivity index is 0.896. The fraction of sp³-hybridized carbons (Fsp3) is 0.0323. The third-order valence-corrected chi connectivity index (χ3v) is 14.2. The minimum atomic E-state index is 0.871. The molecule has 2 heterocycles. The van der Waals surface area contributed by atoms with Crippen molar-refractivity contribution in [3.63, 3.8) is 0 Å². The highest BCUT2D eigenvalue weighted by molar-refractivity contribution is 6.26. The molecule has 2 heteroatoms. The van der Waals surface area contributed by atoms with Crippen molar-refractivity contribution in [2.45, 2.75) is 13.3 Å².